The van der Waals surface area contributed by atoms with Gasteiger partial charge in [0, 0.05) is 62.8 Å². The maximum absolute atomic E-state index is 12.8. The Hall–Kier alpha value is -2.00. The molecule has 1 aliphatic heterocycles. The van der Waals surface area contributed by atoms with E-state index in [2.05, 4.69) is 31.9 Å². The molecule has 4 N–H and O–H groups in total. The van der Waals surface area contributed by atoms with E-state index in [1.165, 1.54) is 18.9 Å². The number of nitrogens with zero attached hydrogens (tertiary/aromatic N) is 4. The first-order valence-electron chi connectivity index (χ1n) is 15.4. The molecule has 0 aromatic carbocycles. The van der Waals surface area contributed by atoms with E-state index in [9.17, 15) is 9.00 Å². The summed E-state index contributed by atoms with van der Waals surface area (Å²) in [5.74, 6) is 2.11. The second kappa shape index (κ2) is 20.8. The van der Waals surface area contributed by atoms with Crippen LogP contribution in [0.5, 0.6) is 0 Å². The highest BCUT2D eigenvalue weighted by molar-refractivity contribution is 7.82. The van der Waals surface area contributed by atoms with Crippen molar-refractivity contribution in [3.63, 3.8) is 0 Å². The smallest absolute Gasteiger partial charge is 0.224 e. The van der Waals surface area contributed by atoms with Crippen LogP contribution in [-0.4, -0.2) is 122 Å². The molecule has 12 nitrogen and oxygen atoms in total. The molecule has 0 amide bonds. The van der Waals surface area contributed by atoms with Crippen molar-refractivity contribution in [2.24, 2.45) is 5.73 Å². The van der Waals surface area contributed by atoms with Crippen LogP contribution in [0.2, 0.25) is 0 Å². The molecule has 1 aliphatic carbocycles. The van der Waals surface area contributed by atoms with Gasteiger partial charge in [0.2, 0.25) is 5.95 Å². The number of rotatable bonds is 22. The van der Waals surface area contributed by atoms with Crippen LogP contribution in [0, 0.1) is 0 Å². The zero-order valence-electron chi connectivity index (χ0n) is 25.2. The monoisotopic (exact) mass is 609 g/mol. The van der Waals surface area contributed by atoms with E-state index in [1.54, 1.807) is 12.3 Å². The van der Waals surface area contributed by atoms with E-state index in [1.807, 2.05) is 0 Å². The van der Waals surface area contributed by atoms with Crippen molar-refractivity contribution in [1.82, 2.24) is 19.6 Å². The molecule has 42 heavy (non-hydrogen) atoms. The summed E-state index contributed by atoms with van der Waals surface area (Å²) in [5, 5.41) is 6.85. The Morgan fingerprint density at radius 2 is 1.74 bits per heavy atom. The molecule has 1 saturated heterocycles. The fourth-order valence-electron chi connectivity index (χ4n) is 5.19. The van der Waals surface area contributed by atoms with Crippen LogP contribution in [0.15, 0.2) is 12.3 Å². The maximum Gasteiger partial charge on any atom is 0.224 e. The zero-order valence-corrected chi connectivity index (χ0v) is 26.0. The minimum atomic E-state index is -0.975. The Kier molecular flexibility index (Phi) is 17.1. The molecular formula is C29H51N7O5S. The number of anilines is 2. The number of aromatic nitrogens is 2. The van der Waals surface area contributed by atoms with Gasteiger partial charge in [-0.15, -0.1) is 0 Å². The van der Waals surface area contributed by atoms with Gasteiger partial charge >= 0.3 is 0 Å². The summed E-state index contributed by atoms with van der Waals surface area (Å²) in [6.07, 6.45) is 13.2. The summed E-state index contributed by atoms with van der Waals surface area (Å²) in [6.45, 7) is 7.06. The van der Waals surface area contributed by atoms with Crippen LogP contribution in [0.3, 0.4) is 0 Å². The number of ether oxygens (including phenoxy) is 3. The van der Waals surface area contributed by atoms with E-state index in [0.29, 0.717) is 63.9 Å². The van der Waals surface area contributed by atoms with Crippen LogP contribution in [-0.2, 0) is 30.0 Å². The fraction of sp³-hybridized carbons (Fsp3) is 0.759. The standard InChI is InChI=1S/C29H51N7O5S/c1-35(27-7-2-3-8-27)28-25(6-4-16-37)24-32-29(34-28)33-26-9-14-36(15-10-26)42(38)23-5-12-31-13-18-40-20-22-41-21-19-39-17-11-30/h4,6,16,24,26-27,31H,2-3,5,7-15,17-23,30H2,1H3,(H,32,33,34)/b6-4-. The first kappa shape index (κ1) is 34.5. The van der Waals surface area contributed by atoms with Crippen LogP contribution in [0.4, 0.5) is 11.8 Å². The number of nitrogens with one attached hydrogen (secondary N) is 2. The van der Waals surface area contributed by atoms with Crippen molar-refractivity contribution in [2.45, 2.75) is 57.0 Å². The Balaban J connectivity index is 1.28. The number of hydrogen-bond acceptors (Lipinski definition) is 11. The minimum Gasteiger partial charge on any atom is -0.378 e. The van der Waals surface area contributed by atoms with E-state index in [0.717, 1.165) is 76.0 Å². The van der Waals surface area contributed by atoms with Gasteiger partial charge in [-0.25, -0.2) is 13.5 Å². The van der Waals surface area contributed by atoms with Gasteiger partial charge in [0.1, 0.15) is 12.1 Å². The predicted molar refractivity (Wildman–Crippen MR) is 168 cm³/mol. The van der Waals surface area contributed by atoms with Crippen molar-refractivity contribution < 1.29 is 23.2 Å². The van der Waals surface area contributed by atoms with Gasteiger partial charge in [-0.2, -0.15) is 4.98 Å². The normalized spacial score (nSPS) is 17.7. The van der Waals surface area contributed by atoms with Crippen LogP contribution in [0.1, 0.15) is 50.5 Å². The summed E-state index contributed by atoms with van der Waals surface area (Å²) in [4.78, 5) is 22.5. The largest absolute Gasteiger partial charge is 0.378 e. The Bertz CT molecular complexity index is 943. The summed E-state index contributed by atoms with van der Waals surface area (Å²) in [7, 11) is 1.11. The highest BCUT2D eigenvalue weighted by Crippen LogP contribution is 2.29. The second-order valence-electron chi connectivity index (χ2n) is 10.6. The minimum absolute atomic E-state index is 0.232. The highest BCUT2D eigenvalue weighted by atomic mass is 32.2. The van der Waals surface area contributed by atoms with E-state index in [4.69, 9.17) is 24.9 Å². The van der Waals surface area contributed by atoms with E-state index < -0.39 is 11.0 Å². The molecule has 1 saturated carbocycles. The Morgan fingerprint density at radius 3 is 2.43 bits per heavy atom. The number of piperidine rings is 1. The molecular weight excluding hydrogens is 558 g/mol. The number of nitrogens with two attached hydrogens (primary N) is 1. The molecule has 1 aromatic heterocycles. The molecule has 238 valence electrons. The van der Waals surface area contributed by atoms with E-state index in [-0.39, 0.29) is 6.04 Å². The molecule has 1 unspecified atom stereocenters. The number of aldehydes is 1. The van der Waals surface area contributed by atoms with Crippen molar-refractivity contribution in [3.05, 3.63) is 17.8 Å². The number of carbonyl (C=O) groups is 1. The molecule has 2 heterocycles. The first-order chi connectivity index (χ1) is 20.6. The van der Waals surface area contributed by atoms with Crippen LogP contribution in [0.25, 0.3) is 6.08 Å². The van der Waals surface area contributed by atoms with E-state index >= 15 is 0 Å². The Morgan fingerprint density at radius 1 is 1.05 bits per heavy atom. The lowest BCUT2D eigenvalue weighted by molar-refractivity contribution is -0.104. The average molecular weight is 610 g/mol. The van der Waals surface area contributed by atoms with Crippen molar-refractivity contribution in [1.29, 1.82) is 0 Å². The topological polar surface area (TPSA) is 144 Å². The third-order valence-corrected chi connectivity index (χ3v) is 9.11. The lowest BCUT2D eigenvalue weighted by Gasteiger charge is -2.32. The van der Waals surface area contributed by atoms with Crippen molar-refractivity contribution in [2.75, 3.05) is 95.4 Å². The second-order valence-corrected chi connectivity index (χ2v) is 12.2. The van der Waals surface area contributed by atoms with Crippen molar-refractivity contribution >= 4 is 35.1 Å². The summed E-state index contributed by atoms with van der Waals surface area (Å²) < 4.78 is 31.1. The SMILES string of the molecule is CN(c1nc(NC2CCN(S(=O)CCCNCCOCCOCCOCCN)CC2)ncc1/C=C\C=O)C1CCCC1. The van der Waals surface area contributed by atoms with Gasteiger partial charge in [0.05, 0.1) is 50.6 Å². The van der Waals surface area contributed by atoms with Gasteiger partial charge in [-0.3, -0.25) is 4.79 Å². The molecule has 2 aliphatic rings. The summed E-state index contributed by atoms with van der Waals surface area (Å²) in [5.41, 5.74) is 6.20. The molecule has 0 radical (unpaired) electrons. The Labute approximate surface area is 253 Å². The predicted octanol–water partition coefficient (Wildman–Crippen LogP) is 1.60. The highest BCUT2D eigenvalue weighted by Gasteiger charge is 2.25. The fourth-order valence-corrected chi connectivity index (χ4v) is 6.46. The lowest BCUT2D eigenvalue weighted by Crippen LogP contribution is -2.41. The number of carbonyl (C=O) groups excluding carboxylic acids is 1. The quantitative estimate of drug-likeness (QED) is 0.100. The number of hydrogen-bond donors (Lipinski definition) is 3. The van der Waals surface area contributed by atoms with Gasteiger partial charge in [0.25, 0.3) is 0 Å². The van der Waals surface area contributed by atoms with Crippen molar-refractivity contribution in [3.8, 4) is 0 Å². The molecule has 13 heteroatoms. The van der Waals surface area contributed by atoms with Crippen LogP contribution >= 0.6 is 0 Å². The average Bonchev–Trinajstić information content (AvgIpc) is 3.56. The lowest BCUT2D eigenvalue weighted by atomic mass is 10.1. The molecule has 3 rings (SSSR count). The molecule has 0 bridgehead atoms. The third-order valence-electron chi connectivity index (χ3n) is 7.53. The summed E-state index contributed by atoms with van der Waals surface area (Å²) in [6, 6.07) is 0.691. The van der Waals surface area contributed by atoms with Gasteiger partial charge < -0.3 is 35.5 Å². The maximum atomic E-state index is 12.8. The third kappa shape index (κ3) is 12.7. The van der Waals surface area contributed by atoms with Crippen LogP contribution < -0.4 is 21.3 Å². The molecule has 1 aromatic rings. The van der Waals surface area contributed by atoms with Gasteiger partial charge in [0.15, 0.2) is 0 Å². The zero-order chi connectivity index (χ0) is 29.8. The van der Waals surface area contributed by atoms with Gasteiger partial charge in [-0.05, 0) is 50.8 Å². The summed E-state index contributed by atoms with van der Waals surface area (Å²) >= 11 is 0. The molecule has 1 atom stereocenters. The molecule has 0 spiro atoms. The molecule has 2 fully saturated rings. The number of allylic oxidation sites excluding steroid dienone is 1. The van der Waals surface area contributed by atoms with Gasteiger partial charge in [-0.1, -0.05) is 12.8 Å². The first-order valence-corrected chi connectivity index (χ1v) is 16.7.